The number of aromatic amines is 1. The number of nitrogens with one attached hydrogen (secondary N) is 3. The van der Waals surface area contributed by atoms with Crippen LogP contribution in [-0.2, 0) is 0 Å². The number of aliphatic hydroxyl groups excluding tert-OH is 1. The second-order valence-corrected chi connectivity index (χ2v) is 5.98. The fraction of sp³-hybridized carbons (Fsp3) is 0.294. The Morgan fingerprint density at radius 2 is 2.04 bits per heavy atom. The van der Waals surface area contributed by atoms with Crippen LogP contribution in [0.5, 0.6) is 0 Å². The molecule has 1 saturated carbocycles. The number of carbonyl (C=O) groups is 1. The van der Waals surface area contributed by atoms with Crippen molar-refractivity contribution in [2.45, 2.75) is 18.9 Å². The van der Waals surface area contributed by atoms with E-state index < -0.39 is 0 Å². The minimum atomic E-state index is -0.0417. The van der Waals surface area contributed by atoms with Gasteiger partial charge in [0.25, 0.3) is 5.91 Å². The molecule has 4 N–H and O–H groups in total. The lowest BCUT2D eigenvalue weighted by Gasteiger charge is -2.04. The van der Waals surface area contributed by atoms with Gasteiger partial charge < -0.3 is 20.7 Å². The predicted octanol–water partition coefficient (Wildman–Crippen LogP) is 1.32. The fourth-order valence-electron chi connectivity index (χ4n) is 2.55. The summed E-state index contributed by atoms with van der Waals surface area (Å²) in [5, 5.41) is 14.9. The van der Waals surface area contributed by atoms with E-state index in [4.69, 9.17) is 5.11 Å². The van der Waals surface area contributed by atoms with Crippen LogP contribution in [0.25, 0.3) is 22.6 Å². The number of carbonyl (C=O) groups excluding carboxylic acids is 1. The third-order valence-corrected chi connectivity index (χ3v) is 4.03. The number of nitrogens with zero attached hydrogens (tertiary/aromatic N) is 3. The maximum Gasteiger partial charge on any atom is 0.251 e. The summed E-state index contributed by atoms with van der Waals surface area (Å²) >= 11 is 0. The molecule has 0 saturated heterocycles. The third kappa shape index (κ3) is 3.29. The molecule has 128 valence electrons. The quantitative estimate of drug-likeness (QED) is 0.539. The highest BCUT2D eigenvalue weighted by Crippen LogP contribution is 2.24. The van der Waals surface area contributed by atoms with E-state index in [0.717, 1.165) is 18.4 Å². The highest BCUT2D eigenvalue weighted by molar-refractivity contribution is 5.95. The molecule has 1 aliphatic carbocycles. The van der Waals surface area contributed by atoms with Gasteiger partial charge in [0.15, 0.2) is 11.5 Å². The van der Waals surface area contributed by atoms with Crippen LogP contribution in [0, 0.1) is 0 Å². The molecule has 0 spiro atoms. The molecular formula is C17H18N6O2. The summed E-state index contributed by atoms with van der Waals surface area (Å²) in [6, 6.07) is 7.63. The lowest BCUT2D eigenvalue weighted by molar-refractivity contribution is 0.0951. The Hall–Kier alpha value is -3.00. The van der Waals surface area contributed by atoms with E-state index in [0.29, 0.717) is 41.0 Å². The number of rotatable bonds is 6. The predicted molar refractivity (Wildman–Crippen MR) is 93.2 cm³/mol. The monoisotopic (exact) mass is 338 g/mol. The maximum atomic E-state index is 12.0. The van der Waals surface area contributed by atoms with Gasteiger partial charge >= 0.3 is 0 Å². The van der Waals surface area contributed by atoms with Gasteiger partial charge in [-0.2, -0.15) is 0 Å². The van der Waals surface area contributed by atoms with Crippen molar-refractivity contribution in [2.24, 2.45) is 0 Å². The van der Waals surface area contributed by atoms with Gasteiger partial charge in [0.05, 0.1) is 6.61 Å². The zero-order valence-electron chi connectivity index (χ0n) is 13.5. The molecule has 0 bridgehead atoms. The lowest BCUT2D eigenvalue weighted by Crippen LogP contribution is -2.25. The second kappa shape index (κ2) is 6.48. The average molecular weight is 338 g/mol. The SMILES string of the molecule is O=C(NC1CC1)c1ccc(-c2nc3ncnc(NCCO)c3[nH]2)cc1. The van der Waals surface area contributed by atoms with Crippen molar-refractivity contribution in [3.63, 3.8) is 0 Å². The molecule has 8 heteroatoms. The minimum Gasteiger partial charge on any atom is -0.395 e. The summed E-state index contributed by atoms with van der Waals surface area (Å²) < 4.78 is 0. The zero-order chi connectivity index (χ0) is 17.2. The van der Waals surface area contributed by atoms with Gasteiger partial charge in [-0.3, -0.25) is 4.79 Å². The molecule has 1 aromatic carbocycles. The van der Waals surface area contributed by atoms with E-state index >= 15 is 0 Å². The molecule has 3 aromatic rings. The molecule has 8 nitrogen and oxygen atoms in total. The number of anilines is 1. The molecule has 1 fully saturated rings. The normalized spacial score (nSPS) is 13.8. The summed E-state index contributed by atoms with van der Waals surface area (Å²) in [7, 11) is 0. The van der Waals surface area contributed by atoms with Crippen LogP contribution in [0.2, 0.25) is 0 Å². The molecule has 0 radical (unpaired) electrons. The summed E-state index contributed by atoms with van der Waals surface area (Å²) in [6.07, 6.45) is 3.56. The lowest BCUT2D eigenvalue weighted by atomic mass is 10.1. The van der Waals surface area contributed by atoms with Crippen molar-refractivity contribution >= 4 is 22.9 Å². The number of fused-ring (bicyclic) bond motifs is 1. The summed E-state index contributed by atoms with van der Waals surface area (Å²) in [4.78, 5) is 28.0. The van der Waals surface area contributed by atoms with Gasteiger partial charge in [-0.05, 0) is 25.0 Å². The zero-order valence-corrected chi connectivity index (χ0v) is 13.5. The largest absolute Gasteiger partial charge is 0.395 e. The number of amides is 1. The van der Waals surface area contributed by atoms with Gasteiger partial charge in [-0.15, -0.1) is 0 Å². The van der Waals surface area contributed by atoms with Crippen molar-refractivity contribution < 1.29 is 9.90 Å². The van der Waals surface area contributed by atoms with Crippen molar-refractivity contribution in [3.8, 4) is 11.4 Å². The molecule has 2 aromatic heterocycles. The number of aromatic nitrogens is 4. The molecule has 0 atom stereocenters. The smallest absolute Gasteiger partial charge is 0.251 e. The molecule has 0 aliphatic heterocycles. The van der Waals surface area contributed by atoms with Gasteiger partial charge in [0.1, 0.15) is 17.7 Å². The van der Waals surface area contributed by atoms with Gasteiger partial charge in [-0.25, -0.2) is 15.0 Å². The van der Waals surface area contributed by atoms with E-state index in [9.17, 15) is 4.79 Å². The molecule has 1 amide bonds. The Morgan fingerprint density at radius 3 is 2.76 bits per heavy atom. The first kappa shape index (κ1) is 15.5. The van der Waals surface area contributed by atoms with Crippen molar-refractivity contribution in [1.29, 1.82) is 0 Å². The number of hydrogen-bond donors (Lipinski definition) is 4. The highest BCUT2D eigenvalue weighted by Gasteiger charge is 2.23. The number of H-pyrrole nitrogens is 1. The summed E-state index contributed by atoms with van der Waals surface area (Å²) in [5.74, 6) is 1.20. The van der Waals surface area contributed by atoms with E-state index in [-0.39, 0.29) is 12.5 Å². The van der Waals surface area contributed by atoms with Crippen molar-refractivity contribution in [3.05, 3.63) is 36.2 Å². The van der Waals surface area contributed by atoms with Gasteiger partial charge in [0.2, 0.25) is 0 Å². The Balaban J connectivity index is 1.59. The average Bonchev–Trinajstić information content (AvgIpc) is 3.34. The van der Waals surface area contributed by atoms with E-state index in [2.05, 4.69) is 30.6 Å². The molecule has 2 heterocycles. The van der Waals surface area contributed by atoms with Crippen LogP contribution in [0.15, 0.2) is 30.6 Å². The van der Waals surface area contributed by atoms with Crippen LogP contribution < -0.4 is 10.6 Å². The van der Waals surface area contributed by atoms with Crippen LogP contribution >= 0.6 is 0 Å². The third-order valence-electron chi connectivity index (χ3n) is 4.03. The highest BCUT2D eigenvalue weighted by atomic mass is 16.3. The Morgan fingerprint density at radius 1 is 1.24 bits per heavy atom. The number of hydrogen-bond acceptors (Lipinski definition) is 6. The van der Waals surface area contributed by atoms with E-state index in [1.807, 2.05) is 12.1 Å². The first-order valence-corrected chi connectivity index (χ1v) is 8.21. The number of aliphatic hydroxyl groups is 1. The van der Waals surface area contributed by atoms with Crippen LogP contribution in [0.3, 0.4) is 0 Å². The Kier molecular flexibility index (Phi) is 4.02. The maximum absolute atomic E-state index is 12.0. The number of imidazole rings is 1. The second-order valence-electron chi connectivity index (χ2n) is 5.98. The Labute approximate surface area is 143 Å². The molecule has 0 unspecified atom stereocenters. The minimum absolute atomic E-state index is 0.0108. The van der Waals surface area contributed by atoms with E-state index in [1.54, 1.807) is 12.1 Å². The molecular weight excluding hydrogens is 320 g/mol. The van der Waals surface area contributed by atoms with Crippen LogP contribution in [-0.4, -0.2) is 50.1 Å². The van der Waals surface area contributed by atoms with Crippen LogP contribution in [0.1, 0.15) is 23.2 Å². The molecule has 25 heavy (non-hydrogen) atoms. The van der Waals surface area contributed by atoms with Crippen LogP contribution in [0.4, 0.5) is 5.82 Å². The molecule has 4 rings (SSSR count). The first-order chi connectivity index (χ1) is 12.2. The summed E-state index contributed by atoms with van der Waals surface area (Å²) in [5.41, 5.74) is 2.72. The van der Waals surface area contributed by atoms with Crippen molar-refractivity contribution in [2.75, 3.05) is 18.5 Å². The van der Waals surface area contributed by atoms with Crippen molar-refractivity contribution in [1.82, 2.24) is 25.3 Å². The number of benzene rings is 1. The van der Waals surface area contributed by atoms with Gasteiger partial charge in [-0.1, -0.05) is 12.1 Å². The van der Waals surface area contributed by atoms with Gasteiger partial charge in [0, 0.05) is 23.7 Å². The van der Waals surface area contributed by atoms with E-state index in [1.165, 1.54) is 6.33 Å². The fourth-order valence-corrected chi connectivity index (χ4v) is 2.55. The Bertz CT molecular complexity index is 901. The first-order valence-electron chi connectivity index (χ1n) is 8.21. The summed E-state index contributed by atoms with van der Waals surface area (Å²) in [6.45, 7) is 0.405. The standard InChI is InChI=1S/C17H18N6O2/c24-8-7-18-15-13-16(20-9-19-15)23-14(22-13)10-1-3-11(4-2-10)17(25)21-12-5-6-12/h1-4,9,12,24H,5-8H2,(H,21,25)(H2,18,19,20,22,23). The topological polar surface area (TPSA) is 116 Å². The molecule has 1 aliphatic rings.